The Morgan fingerprint density at radius 2 is 1.84 bits per heavy atom. The van der Waals surface area contributed by atoms with Gasteiger partial charge in [-0.25, -0.2) is 4.98 Å². The maximum Gasteiger partial charge on any atom is 0.257 e. The standard InChI is InChI=1S/C31H36N4OS/c1-3-4-9-28-34-30(23-14-15-23)27(18-29(37)33-24-16-17-24)31(36)35(28)19-21-10-12-22(13-11-21)26-8-6-5-7-25(26)20(2)32/h5-8,10-13,23-24,32H,3-4,9,14-19H2,1-2H3,(H,33,37). The summed E-state index contributed by atoms with van der Waals surface area (Å²) in [5, 5.41) is 11.5. The normalized spacial score (nSPS) is 15.0. The van der Waals surface area contributed by atoms with Crippen molar-refractivity contribution < 1.29 is 0 Å². The van der Waals surface area contributed by atoms with Crippen LogP contribution in [0.3, 0.4) is 0 Å². The van der Waals surface area contributed by atoms with Crippen molar-refractivity contribution in [2.75, 3.05) is 0 Å². The van der Waals surface area contributed by atoms with Crippen LogP contribution < -0.4 is 10.9 Å². The number of unbranched alkanes of at least 4 members (excludes halogenated alkanes) is 1. The van der Waals surface area contributed by atoms with Crippen molar-refractivity contribution in [3.63, 3.8) is 0 Å². The molecule has 0 radical (unpaired) electrons. The van der Waals surface area contributed by atoms with Gasteiger partial charge < -0.3 is 10.7 Å². The largest absolute Gasteiger partial charge is 0.377 e. The van der Waals surface area contributed by atoms with Crippen LogP contribution in [0.4, 0.5) is 0 Å². The summed E-state index contributed by atoms with van der Waals surface area (Å²) in [7, 11) is 0. The second-order valence-corrected chi connectivity index (χ2v) is 11.0. The van der Waals surface area contributed by atoms with E-state index in [1.165, 1.54) is 0 Å². The maximum atomic E-state index is 14.0. The predicted molar refractivity (Wildman–Crippen MR) is 155 cm³/mol. The van der Waals surface area contributed by atoms with Gasteiger partial charge in [-0.3, -0.25) is 9.36 Å². The molecule has 2 aromatic carbocycles. The first-order valence-corrected chi connectivity index (χ1v) is 14.0. The van der Waals surface area contributed by atoms with E-state index in [0.29, 0.717) is 30.6 Å². The molecule has 6 heteroatoms. The zero-order valence-corrected chi connectivity index (χ0v) is 22.7. The molecule has 2 saturated carbocycles. The Hall–Kier alpha value is -3.12. The van der Waals surface area contributed by atoms with Crippen LogP contribution >= 0.6 is 12.2 Å². The monoisotopic (exact) mass is 512 g/mol. The Morgan fingerprint density at radius 1 is 1.11 bits per heavy atom. The van der Waals surface area contributed by atoms with Gasteiger partial charge in [-0.1, -0.05) is 74.1 Å². The number of hydrogen-bond acceptors (Lipinski definition) is 4. The molecule has 5 rings (SSSR count). The number of hydrogen-bond donors (Lipinski definition) is 2. The van der Waals surface area contributed by atoms with E-state index in [0.717, 1.165) is 89.3 Å². The molecular formula is C31H36N4OS. The van der Waals surface area contributed by atoms with Crippen molar-refractivity contribution in [2.24, 2.45) is 0 Å². The highest BCUT2D eigenvalue weighted by Crippen LogP contribution is 2.40. The number of rotatable bonds is 11. The molecule has 5 nitrogen and oxygen atoms in total. The fraction of sp³-hybridized carbons (Fsp3) is 0.419. The molecule has 1 aromatic heterocycles. The van der Waals surface area contributed by atoms with Crippen molar-refractivity contribution in [3.8, 4) is 11.1 Å². The number of aryl methyl sites for hydroxylation is 1. The van der Waals surface area contributed by atoms with E-state index < -0.39 is 0 Å². The van der Waals surface area contributed by atoms with Crippen LogP contribution in [0.5, 0.6) is 0 Å². The van der Waals surface area contributed by atoms with Crippen LogP contribution in [-0.2, 0) is 19.4 Å². The van der Waals surface area contributed by atoms with Gasteiger partial charge in [-0.2, -0.15) is 0 Å². The molecule has 1 heterocycles. The van der Waals surface area contributed by atoms with Gasteiger partial charge in [0.05, 0.1) is 17.2 Å². The molecule has 2 fully saturated rings. The Morgan fingerprint density at radius 3 is 2.49 bits per heavy atom. The first-order valence-electron chi connectivity index (χ1n) is 13.6. The van der Waals surface area contributed by atoms with E-state index in [-0.39, 0.29) is 5.56 Å². The molecule has 0 bridgehead atoms. The summed E-state index contributed by atoms with van der Waals surface area (Å²) in [6, 6.07) is 16.9. The first-order chi connectivity index (χ1) is 17.9. The third-order valence-electron chi connectivity index (χ3n) is 7.31. The molecule has 2 N–H and O–H groups in total. The summed E-state index contributed by atoms with van der Waals surface area (Å²) in [6.45, 7) is 4.49. The summed E-state index contributed by atoms with van der Waals surface area (Å²) >= 11 is 5.64. The number of aromatic nitrogens is 2. The van der Waals surface area contributed by atoms with Gasteiger partial charge in [0, 0.05) is 41.6 Å². The molecule has 0 unspecified atom stereocenters. The first kappa shape index (κ1) is 25.5. The van der Waals surface area contributed by atoms with Crippen LogP contribution in [0.15, 0.2) is 53.3 Å². The molecular weight excluding hydrogens is 476 g/mol. The minimum absolute atomic E-state index is 0.0665. The lowest BCUT2D eigenvalue weighted by molar-refractivity contribution is 0.621. The highest BCUT2D eigenvalue weighted by molar-refractivity contribution is 7.80. The minimum atomic E-state index is 0.0665. The third-order valence-corrected chi connectivity index (χ3v) is 7.57. The number of nitrogens with zero attached hydrogens (tertiary/aromatic N) is 2. The zero-order chi connectivity index (χ0) is 25.9. The van der Waals surface area contributed by atoms with E-state index in [9.17, 15) is 4.79 Å². The summed E-state index contributed by atoms with van der Waals surface area (Å²) in [4.78, 5) is 19.9. The Balaban J connectivity index is 1.47. The van der Waals surface area contributed by atoms with Crippen LogP contribution in [0.1, 0.15) is 86.5 Å². The summed E-state index contributed by atoms with van der Waals surface area (Å²) in [6.07, 6.45) is 7.90. The predicted octanol–water partition coefficient (Wildman–Crippen LogP) is 6.19. The summed E-state index contributed by atoms with van der Waals surface area (Å²) in [5.41, 5.74) is 6.52. The smallest absolute Gasteiger partial charge is 0.257 e. The van der Waals surface area contributed by atoms with Gasteiger partial charge in [-0.15, -0.1) is 0 Å². The summed E-state index contributed by atoms with van der Waals surface area (Å²) < 4.78 is 1.89. The number of nitrogens with one attached hydrogen (secondary N) is 2. The van der Waals surface area contributed by atoms with Crippen molar-refractivity contribution in [2.45, 2.75) is 83.7 Å². The minimum Gasteiger partial charge on any atom is -0.377 e. The van der Waals surface area contributed by atoms with E-state index in [2.05, 4.69) is 42.6 Å². The Labute approximate surface area is 224 Å². The lowest BCUT2D eigenvalue weighted by Crippen LogP contribution is -2.34. The average Bonchev–Trinajstić information content (AvgIpc) is 3.82. The lowest BCUT2D eigenvalue weighted by Gasteiger charge is -2.18. The van der Waals surface area contributed by atoms with Gasteiger partial charge in [-0.05, 0) is 55.7 Å². The van der Waals surface area contributed by atoms with Crippen molar-refractivity contribution in [3.05, 3.63) is 87.1 Å². The molecule has 0 spiro atoms. The van der Waals surface area contributed by atoms with Crippen molar-refractivity contribution in [1.29, 1.82) is 5.41 Å². The molecule has 0 saturated heterocycles. The fourth-order valence-corrected chi connectivity index (χ4v) is 5.22. The van der Waals surface area contributed by atoms with Gasteiger partial charge in [0.15, 0.2) is 0 Å². The number of benzene rings is 2. The van der Waals surface area contributed by atoms with Crippen LogP contribution in [0, 0.1) is 5.41 Å². The number of thiocarbonyl (C=S) groups is 1. The van der Waals surface area contributed by atoms with E-state index in [4.69, 9.17) is 22.6 Å². The van der Waals surface area contributed by atoms with Crippen LogP contribution in [0.25, 0.3) is 11.1 Å². The van der Waals surface area contributed by atoms with Crippen molar-refractivity contribution in [1.82, 2.24) is 14.9 Å². The lowest BCUT2D eigenvalue weighted by atomic mass is 9.96. The molecule has 37 heavy (non-hydrogen) atoms. The molecule has 0 atom stereocenters. The van der Waals surface area contributed by atoms with Gasteiger partial charge >= 0.3 is 0 Å². The molecule has 2 aliphatic carbocycles. The van der Waals surface area contributed by atoms with Gasteiger partial charge in [0.1, 0.15) is 5.82 Å². The topological polar surface area (TPSA) is 70.8 Å². The highest BCUT2D eigenvalue weighted by Gasteiger charge is 2.31. The molecule has 192 valence electrons. The SMILES string of the molecule is CCCCc1nc(C2CC2)c(CC(=S)NC2CC2)c(=O)n1Cc1ccc(-c2ccccc2C(C)=N)cc1. The van der Waals surface area contributed by atoms with Crippen molar-refractivity contribution >= 4 is 22.9 Å². The second-order valence-electron chi connectivity index (χ2n) is 10.5. The quantitative estimate of drug-likeness (QED) is 0.237. The third kappa shape index (κ3) is 6.07. The molecule has 3 aromatic rings. The van der Waals surface area contributed by atoms with E-state index in [1.807, 2.05) is 29.7 Å². The molecule has 0 aliphatic heterocycles. The fourth-order valence-electron chi connectivity index (χ4n) is 4.91. The van der Waals surface area contributed by atoms with E-state index >= 15 is 0 Å². The molecule has 2 aliphatic rings. The van der Waals surface area contributed by atoms with Gasteiger partial charge in [0.2, 0.25) is 0 Å². The molecule has 0 amide bonds. The zero-order valence-electron chi connectivity index (χ0n) is 21.8. The maximum absolute atomic E-state index is 14.0. The second kappa shape index (κ2) is 11.1. The highest BCUT2D eigenvalue weighted by atomic mass is 32.1. The summed E-state index contributed by atoms with van der Waals surface area (Å²) in [5.74, 6) is 1.30. The Kier molecular flexibility index (Phi) is 7.65. The Bertz CT molecular complexity index is 1370. The van der Waals surface area contributed by atoms with Crippen LogP contribution in [0.2, 0.25) is 0 Å². The van der Waals surface area contributed by atoms with Crippen LogP contribution in [-0.4, -0.2) is 26.3 Å². The average molecular weight is 513 g/mol. The van der Waals surface area contributed by atoms with E-state index in [1.54, 1.807) is 0 Å². The van der Waals surface area contributed by atoms with Gasteiger partial charge in [0.25, 0.3) is 5.56 Å².